The van der Waals surface area contributed by atoms with Gasteiger partial charge in [-0.05, 0) is 29.9 Å². The van der Waals surface area contributed by atoms with Crippen molar-refractivity contribution >= 4 is 0 Å². The second-order valence-corrected chi connectivity index (χ2v) is 5.55. The van der Waals surface area contributed by atoms with Gasteiger partial charge in [0.15, 0.2) is 0 Å². The summed E-state index contributed by atoms with van der Waals surface area (Å²) in [4.78, 5) is 4.82. The minimum absolute atomic E-state index is 0.211. The van der Waals surface area contributed by atoms with Crippen LogP contribution in [0.5, 0.6) is 0 Å². The lowest BCUT2D eigenvalue weighted by atomic mass is 9.84. The molecule has 1 heterocycles. The maximum absolute atomic E-state index is 4.82. The standard InChI is InChI=1S/C15H25N/c1-6-8-12-10-11-13(15(3,4)5)14(16-12)9-7-2/h10-11H,6-9H2,1-5H3. The first-order valence-electron chi connectivity index (χ1n) is 6.48. The van der Waals surface area contributed by atoms with Crippen molar-refractivity contribution in [1.82, 2.24) is 4.98 Å². The average Bonchev–Trinajstić information content (AvgIpc) is 2.17. The molecule has 0 atom stereocenters. The molecule has 0 saturated heterocycles. The summed E-state index contributed by atoms with van der Waals surface area (Å²) in [6.45, 7) is 11.2. The van der Waals surface area contributed by atoms with Crippen LogP contribution in [0.4, 0.5) is 0 Å². The van der Waals surface area contributed by atoms with Crippen LogP contribution >= 0.6 is 0 Å². The molecule has 0 unspecified atom stereocenters. The summed E-state index contributed by atoms with van der Waals surface area (Å²) >= 11 is 0. The first-order chi connectivity index (χ1) is 7.49. The van der Waals surface area contributed by atoms with Gasteiger partial charge in [-0.25, -0.2) is 0 Å². The summed E-state index contributed by atoms with van der Waals surface area (Å²) in [5, 5.41) is 0. The molecule has 0 saturated carbocycles. The highest BCUT2D eigenvalue weighted by Crippen LogP contribution is 2.26. The van der Waals surface area contributed by atoms with Crippen LogP contribution in [0.3, 0.4) is 0 Å². The molecule has 0 aliphatic carbocycles. The summed E-state index contributed by atoms with van der Waals surface area (Å²) in [6.07, 6.45) is 4.55. The maximum Gasteiger partial charge on any atom is 0.0444 e. The fraction of sp³-hybridized carbons (Fsp3) is 0.667. The van der Waals surface area contributed by atoms with Gasteiger partial charge in [0, 0.05) is 11.4 Å². The SMILES string of the molecule is CCCc1ccc(C(C)(C)C)c(CCC)n1. The third-order valence-corrected chi connectivity index (χ3v) is 2.83. The first-order valence-corrected chi connectivity index (χ1v) is 6.48. The second kappa shape index (κ2) is 5.47. The monoisotopic (exact) mass is 219 g/mol. The number of hydrogen-bond acceptors (Lipinski definition) is 1. The van der Waals surface area contributed by atoms with Crippen LogP contribution in [0.25, 0.3) is 0 Å². The Bertz CT molecular complexity index is 334. The zero-order chi connectivity index (χ0) is 12.2. The van der Waals surface area contributed by atoms with Crippen LogP contribution in [0.15, 0.2) is 12.1 Å². The Kier molecular flexibility index (Phi) is 4.52. The Labute approximate surface area is 100 Å². The van der Waals surface area contributed by atoms with Crippen molar-refractivity contribution in [3.8, 4) is 0 Å². The van der Waals surface area contributed by atoms with Gasteiger partial charge in [-0.3, -0.25) is 4.98 Å². The molecule has 0 N–H and O–H groups in total. The van der Waals surface area contributed by atoms with Gasteiger partial charge in [-0.2, -0.15) is 0 Å². The van der Waals surface area contributed by atoms with Crippen LogP contribution < -0.4 is 0 Å². The van der Waals surface area contributed by atoms with Crippen LogP contribution in [-0.2, 0) is 18.3 Å². The lowest BCUT2D eigenvalue weighted by molar-refractivity contribution is 0.574. The van der Waals surface area contributed by atoms with Crippen molar-refractivity contribution < 1.29 is 0 Å². The van der Waals surface area contributed by atoms with Gasteiger partial charge in [0.1, 0.15) is 0 Å². The van der Waals surface area contributed by atoms with Gasteiger partial charge in [0.2, 0.25) is 0 Å². The number of aromatic nitrogens is 1. The van der Waals surface area contributed by atoms with E-state index in [0.29, 0.717) is 0 Å². The van der Waals surface area contributed by atoms with Crippen molar-refractivity contribution in [2.24, 2.45) is 0 Å². The summed E-state index contributed by atoms with van der Waals surface area (Å²) in [7, 11) is 0. The van der Waals surface area contributed by atoms with Gasteiger partial charge in [-0.15, -0.1) is 0 Å². The fourth-order valence-corrected chi connectivity index (χ4v) is 2.05. The molecular weight excluding hydrogens is 194 g/mol. The van der Waals surface area contributed by atoms with E-state index in [1.807, 2.05) is 0 Å². The first kappa shape index (κ1) is 13.2. The van der Waals surface area contributed by atoms with E-state index in [4.69, 9.17) is 4.98 Å². The smallest absolute Gasteiger partial charge is 0.0444 e. The largest absolute Gasteiger partial charge is 0.258 e. The van der Waals surface area contributed by atoms with E-state index in [1.165, 1.54) is 29.8 Å². The molecule has 0 aromatic carbocycles. The van der Waals surface area contributed by atoms with Crippen molar-refractivity contribution in [1.29, 1.82) is 0 Å². The van der Waals surface area contributed by atoms with Gasteiger partial charge in [-0.1, -0.05) is 53.5 Å². The average molecular weight is 219 g/mol. The van der Waals surface area contributed by atoms with Crippen LogP contribution in [-0.4, -0.2) is 4.98 Å². The van der Waals surface area contributed by atoms with Gasteiger partial charge >= 0.3 is 0 Å². The zero-order valence-electron chi connectivity index (χ0n) is 11.4. The van der Waals surface area contributed by atoms with E-state index in [1.54, 1.807) is 0 Å². The summed E-state index contributed by atoms with van der Waals surface area (Å²) in [5.41, 5.74) is 4.18. The summed E-state index contributed by atoms with van der Waals surface area (Å²) < 4.78 is 0. The molecule has 1 rings (SSSR count). The molecule has 90 valence electrons. The highest BCUT2D eigenvalue weighted by atomic mass is 14.7. The molecule has 0 fully saturated rings. The Morgan fingerprint density at radius 2 is 1.62 bits per heavy atom. The Hall–Kier alpha value is -0.850. The van der Waals surface area contributed by atoms with Crippen molar-refractivity contribution in [3.63, 3.8) is 0 Å². The van der Waals surface area contributed by atoms with Crippen molar-refractivity contribution in [3.05, 3.63) is 29.1 Å². The number of rotatable bonds is 4. The third-order valence-electron chi connectivity index (χ3n) is 2.83. The minimum Gasteiger partial charge on any atom is -0.258 e. The molecule has 0 spiro atoms. The Morgan fingerprint density at radius 1 is 1.00 bits per heavy atom. The molecular formula is C15H25N. The normalized spacial score (nSPS) is 11.8. The molecule has 0 aliphatic heterocycles. The van der Waals surface area contributed by atoms with Crippen molar-refractivity contribution in [2.45, 2.75) is 65.7 Å². The fourth-order valence-electron chi connectivity index (χ4n) is 2.05. The molecule has 0 amide bonds. The Morgan fingerprint density at radius 3 is 2.12 bits per heavy atom. The van der Waals surface area contributed by atoms with Crippen LogP contribution in [0, 0.1) is 0 Å². The van der Waals surface area contributed by atoms with Crippen LogP contribution in [0.1, 0.15) is 64.4 Å². The highest BCUT2D eigenvalue weighted by Gasteiger charge is 2.18. The number of pyridine rings is 1. The maximum atomic E-state index is 4.82. The predicted octanol–water partition coefficient (Wildman–Crippen LogP) is 4.28. The molecule has 0 radical (unpaired) electrons. The van der Waals surface area contributed by atoms with E-state index >= 15 is 0 Å². The van der Waals surface area contributed by atoms with E-state index in [-0.39, 0.29) is 5.41 Å². The summed E-state index contributed by atoms with van der Waals surface area (Å²) in [5.74, 6) is 0. The van der Waals surface area contributed by atoms with E-state index < -0.39 is 0 Å². The van der Waals surface area contributed by atoms with E-state index in [0.717, 1.165) is 12.8 Å². The lowest BCUT2D eigenvalue weighted by Crippen LogP contribution is -2.16. The summed E-state index contributed by atoms with van der Waals surface area (Å²) in [6, 6.07) is 4.48. The quantitative estimate of drug-likeness (QED) is 0.736. The van der Waals surface area contributed by atoms with E-state index in [2.05, 4.69) is 46.8 Å². The predicted molar refractivity (Wildman–Crippen MR) is 70.9 cm³/mol. The molecule has 0 bridgehead atoms. The Balaban J connectivity index is 3.09. The molecule has 16 heavy (non-hydrogen) atoms. The van der Waals surface area contributed by atoms with Crippen molar-refractivity contribution in [2.75, 3.05) is 0 Å². The highest BCUT2D eigenvalue weighted by molar-refractivity contribution is 5.29. The molecule has 1 heteroatoms. The minimum atomic E-state index is 0.211. The molecule has 1 nitrogen and oxygen atoms in total. The zero-order valence-corrected chi connectivity index (χ0v) is 11.4. The van der Waals surface area contributed by atoms with Gasteiger partial charge in [0.25, 0.3) is 0 Å². The van der Waals surface area contributed by atoms with Crippen LogP contribution in [0.2, 0.25) is 0 Å². The third kappa shape index (κ3) is 3.33. The number of hydrogen-bond donors (Lipinski definition) is 0. The second-order valence-electron chi connectivity index (χ2n) is 5.55. The molecule has 0 aliphatic rings. The molecule has 1 aromatic rings. The van der Waals surface area contributed by atoms with Gasteiger partial charge in [0.05, 0.1) is 0 Å². The molecule has 1 aromatic heterocycles. The van der Waals surface area contributed by atoms with Gasteiger partial charge < -0.3 is 0 Å². The van der Waals surface area contributed by atoms with E-state index in [9.17, 15) is 0 Å². The number of aryl methyl sites for hydroxylation is 2. The lowest BCUT2D eigenvalue weighted by Gasteiger charge is -2.22. The number of nitrogens with zero attached hydrogens (tertiary/aromatic N) is 1. The topological polar surface area (TPSA) is 12.9 Å².